The molecule has 0 bridgehead atoms. The largest absolute Gasteiger partial charge is 0.411 e. The van der Waals surface area contributed by atoms with Crippen LogP contribution in [0.5, 0.6) is 0 Å². The van der Waals surface area contributed by atoms with Gasteiger partial charge < -0.3 is 10.1 Å². The van der Waals surface area contributed by atoms with E-state index in [1.165, 1.54) is 25.7 Å². The number of oxime groups is 1. The molecule has 1 fully saturated rings. The van der Waals surface area contributed by atoms with Crippen LogP contribution in [0.15, 0.2) is 5.16 Å². The van der Waals surface area contributed by atoms with Gasteiger partial charge in [0.15, 0.2) is 0 Å². The molecule has 0 radical (unpaired) electrons. The van der Waals surface area contributed by atoms with Gasteiger partial charge in [-0.15, -0.1) is 0 Å². The monoisotopic (exact) mass is 184 g/mol. The molecule has 76 valence electrons. The van der Waals surface area contributed by atoms with Crippen molar-refractivity contribution in [1.82, 2.24) is 4.90 Å². The first-order valence-corrected chi connectivity index (χ1v) is 5.13. The van der Waals surface area contributed by atoms with Gasteiger partial charge in [-0.3, -0.25) is 0 Å². The van der Waals surface area contributed by atoms with Crippen LogP contribution in [0, 0.1) is 0 Å². The van der Waals surface area contributed by atoms with Crippen LogP contribution in [-0.4, -0.2) is 36.0 Å². The van der Waals surface area contributed by atoms with Crippen LogP contribution in [0.3, 0.4) is 0 Å². The second-order valence-electron chi connectivity index (χ2n) is 4.02. The van der Waals surface area contributed by atoms with E-state index in [4.69, 9.17) is 5.21 Å². The lowest BCUT2D eigenvalue weighted by atomic mass is 9.94. The van der Waals surface area contributed by atoms with E-state index in [9.17, 15) is 0 Å². The van der Waals surface area contributed by atoms with E-state index in [0.717, 1.165) is 18.6 Å². The van der Waals surface area contributed by atoms with E-state index in [1.807, 2.05) is 0 Å². The Kier molecular flexibility index (Phi) is 4.22. The Morgan fingerprint density at radius 3 is 2.54 bits per heavy atom. The molecule has 1 aliphatic rings. The van der Waals surface area contributed by atoms with Crippen molar-refractivity contribution in [2.24, 2.45) is 5.16 Å². The Labute approximate surface area is 80.4 Å². The topological polar surface area (TPSA) is 35.8 Å². The average molecular weight is 184 g/mol. The van der Waals surface area contributed by atoms with Crippen molar-refractivity contribution in [3.05, 3.63) is 0 Å². The predicted octanol–water partition coefficient (Wildman–Crippen LogP) is 2.10. The minimum atomic E-state index is 0.352. The maximum absolute atomic E-state index is 8.89. The van der Waals surface area contributed by atoms with Crippen LogP contribution in [0.1, 0.15) is 38.5 Å². The molecule has 0 heterocycles. The Balaban J connectivity index is 2.61. The highest BCUT2D eigenvalue weighted by atomic mass is 16.4. The van der Waals surface area contributed by atoms with Crippen molar-refractivity contribution >= 4 is 5.71 Å². The summed E-state index contributed by atoms with van der Waals surface area (Å²) in [5, 5.41) is 12.3. The number of hydrogen-bond acceptors (Lipinski definition) is 3. The molecule has 0 aromatic heterocycles. The zero-order valence-corrected chi connectivity index (χ0v) is 8.66. The third kappa shape index (κ3) is 2.99. The molecular formula is C10H20N2O. The van der Waals surface area contributed by atoms with Gasteiger partial charge in [0.1, 0.15) is 0 Å². The van der Waals surface area contributed by atoms with Gasteiger partial charge in [-0.25, -0.2) is 0 Å². The van der Waals surface area contributed by atoms with Gasteiger partial charge in [0.25, 0.3) is 0 Å². The average Bonchev–Trinajstić information content (AvgIpc) is 2.03. The third-order valence-corrected chi connectivity index (χ3v) is 2.80. The van der Waals surface area contributed by atoms with Crippen molar-refractivity contribution in [3.63, 3.8) is 0 Å². The SMILES string of the molecule is CN(C)[C@@H]1CCCCCC/C1=N\O. The van der Waals surface area contributed by atoms with Gasteiger partial charge >= 0.3 is 0 Å². The third-order valence-electron chi connectivity index (χ3n) is 2.80. The van der Waals surface area contributed by atoms with Crippen molar-refractivity contribution < 1.29 is 5.21 Å². The molecule has 1 N–H and O–H groups in total. The van der Waals surface area contributed by atoms with E-state index < -0.39 is 0 Å². The zero-order valence-electron chi connectivity index (χ0n) is 8.66. The highest BCUT2D eigenvalue weighted by molar-refractivity contribution is 5.89. The molecule has 1 aliphatic carbocycles. The van der Waals surface area contributed by atoms with Gasteiger partial charge in [0, 0.05) is 0 Å². The van der Waals surface area contributed by atoms with Crippen LogP contribution in [0.4, 0.5) is 0 Å². The lowest BCUT2D eigenvalue weighted by Crippen LogP contribution is -2.36. The Morgan fingerprint density at radius 2 is 1.92 bits per heavy atom. The summed E-state index contributed by atoms with van der Waals surface area (Å²) in [5.74, 6) is 0. The van der Waals surface area contributed by atoms with Crippen LogP contribution in [0.2, 0.25) is 0 Å². The molecule has 0 amide bonds. The van der Waals surface area contributed by atoms with E-state index in [2.05, 4.69) is 24.2 Å². The Bertz CT molecular complexity index is 178. The highest BCUT2D eigenvalue weighted by Gasteiger charge is 2.19. The molecule has 0 aromatic rings. The summed E-state index contributed by atoms with van der Waals surface area (Å²) in [6, 6.07) is 0.352. The smallest absolute Gasteiger partial charge is 0.0741 e. The summed E-state index contributed by atoms with van der Waals surface area (Å²) in [7, 11) is 4.11. The maximum Gasteiger partial charge on any atom is 0.0741 e. The lowest BCUT2D eigenvalue weighted by Gasteiger charge is -2.26. The molecule has 0 aromatic carbocycles. The van der Waals surface area contributed by atoms with Gasteiger partial charge in [0.05, 0.1) is 11.8 Å². The summed E-state index contributed by atoms with van der Waals surface area (Å²) in [5.41, 5.74) is 0.963. The standard InChI is InChI=1S/C10H20N2O/c1-12(2)10-8-6-4-3-5-7-9(10)11-13/h10,13H,3-8H2,1-2H3/b11-9+/t10-/m1/s1. The summed E-state index contributed by atoms with van der Waals surface area (Å²) < 4.78 is 0. The highest BCUT2D eigenvalue weighted by Crippen LogP contribution is 2.18. The minimum Gasteiger partial charge on any atom is -0.411 e. The Hall–Kier alpha value is -0.570. The first-order valence-electron chi connectivity index (χ1n) is 5.13. The number of rotatable bonds is 1. The van der Waals surface area contributed by atoms with Crippen molar-refractivity contribution in [2.45, 2.75) is 44.6 Å². The first-order chi connectivity index (χ1) is 6.25. The molecule has 0 aliphatic heterocycles. The molecule has 13 heavy (non-hydrogen) atoms. The molecule has 0 unspecified atom stereocenters. The fourth-order valence-electron chi connectivity index (χ4n) is 2.00. The normalized spacial score (nSPS) is 28.8. The molecule has 1 saturated carbocycles. The number of nitrogens with zero attached hydrogens (tertiary/aromatic N) is 2. The molecule has 3 nitrogen and oxygen atoms in total. The van der Waals surface area contributed by atoms with Crippen molar-refractivity contribution in [1.29, 1.82) is 0 Å². The molecule has 3 heteroatoms. The van der Waals surface area contributed by atoms with E-state index in [1.54, 1.807) is 0 Å². The van der Waals surface area contributed by atoms with Crippen molar-refractivity contribution in [3.8, 4) is 0 Å². The molecular weight excluding hydrogens is 164 g/mol. The molecule has 1 rings (SSSR count). The van der Waals surface area contributed by atoms with E-state index in [0.29, 0.717) is 6.04 Å². The second-order valence-corrected chi connectivity index (χ2v) is 4.02. The van der Waals surface area contributed by atoms with E-state index in [-0.39, 0.29) is 0 Å². The fraction of sp³-hybridized carbons (Fsp3) is 0.900. The quantitative estimate of drug-likeness (QED) is 0.500. The predicted molar refractivity (Wildman–Crippen MR) is 54.4 cm³/mol. The van der Waals surface area contributed by atoms with Crippen LogP contribution < -0.4 is 0 Å². The summed E-state index contributed by atoms with van der Waals surface area (Å²) in [4.78, 5) is 2.15. The van der Waals surface area contributed by atoms with Gasteiger partial charge in [-0.1, -0.05) is 24.4 Å². The summed E-state index contributed by atoms with van der Waals surface area (Å²) >= 11 is 0. The van der Waals surface area contributed by atoms with Crippen molar-refractivity contribution in [2.75, 3.05) is 14.1 Å². The Morgan fingerprint density at radius 1 is 1.23 bits per heavy atom. The van der Waals surface area contributed by atoms with Gasteiger partial charge in [0.2, 0.25) is 0 Å². The van der Waals surface area contributed by atoms with Crippen LogP contribution >= 0.6 is 0 Å². The minimum absolute atomic E-state index is 0.352. The fourth-order valence-corrected chi connectivity index (χ4v) is 2.00. The summed E-state index contributed by atoms with van der Waals surface area (Å²) in [6.45, 7) is 0. The molecule has 0 spiro atoms. The molecule has 0 saturated heterocycles. The second kappa shape index (κ2) is 5.22. The molecule has 1 atom stereocenters. The first kappa shape index (κ1) is 10.5. The number of hydrogen-bond donors (Lipinski definition) is 1. The van der Waals surface area contributed by atoms with Gasteiger partial charge in [-0.2, -0.15) is 0 Å². The van der Waals surface area contributed by atoms with Crippen LogP contribution in [-0.2, 0) is 0 Å². The van der Waals surface area contributed by atoms with Gasteiger partial charge in [-0.05, 0) is 33.4 Å². The van der Waals surface area contributed by atoms with Crippen LogP contribution in [0.25, 0.3) is 0 Å². The lowest BCUT2D eigenvalue weighted by molar-refractivity contribution is 0.287. The maximum atomic E-state index is 8.89. The zero-order chi connectivity index (χ0) is 9.68. The summed E-state index contributed by atoms with van der Waals surface area (Å²) in [6.07, 6.45) is 7.11. The van der Waals surface area contributed by atoms with E-state index >= 15 is 0 Å².